The Morgan fingerprint density at radius 3 is 2.92 bits per heavy atom. The molecule has 0 bridgehead atoms. The third-order valence-electron chi connectivity index (χ3n) is 1.59. The molecule has 0 spiro atoms. The Bertz CT molecular complexity index is 267. The number of carbonyl (C=O) groups is 1. The molecule has 0 amide bonds. The number of ketones is 1. The van der Waals surface area contributed by atoms with E-state index in [1.54, 1.807) is 11.8 Å². The van der Waals surface area contributed by atoms with E-state index < -0.39 is 0 Å². The molecule has 1 aromatic heterocycles. The van der Waals surface area contributed by atoms with Crippen LogP contribution in [0, 0.1) is 0 Å². The molecule has 0 aromatic carbocycles. The minimum Gasteiger partial charge on any atom is -0.357 e. The minimum atomic E-state index is 0.224. The number of thioether (sulfide) groups is 1. The molecule has 2 nitrogen and oxygen atoms in total. The molecule has 0 saturated heterocycles. The van der Waals surface area contributed by atoms with Crippen LogP contribution in [0.5, 0.6) is 0 Å². The summed E-state index contributed by atoms with van der Waals surface area (Å²) in [6.45, 7) is 2.06. The standard InChI is InChI=1S/C9H13NOS/c1-3-12-7-9(11)8-4-5-10(2)6-8/h4-6H,3,7H2,1-2H3. The molecule has 0 aliphatic heterocycles. The number of carbonyl (C=O) groups excluding carboxylic acids is 1. The third-order valence-corrected chi connectivity index (χ3v) is 2.47. The van der Waals surface area contributed by atoms with Gasteiger partial charge in [0.2, 0.25) is 0 Å². The summed E-state index contributed by atoms with van der Waals surface area (Å²) in [5.41, 5.74) is 0.818. The SMILES string of the molecule is CCSCC(=O)c1ccn(C)c1. The third kappa shape index (κ3) is 2.41. The fourth-order valence-electron chi connectivity index (χ4n) is 0.946. The van der Waals surface area contributed by atoms with E-state index in [0.717, 1.165) is 11.3 Å². The van der Waals surface area contributed by atoms with Gasteiger partial charge >= 0.3 is 0 Å². The van der Waals surface area contributed by atoms with Crippen LogP contribution >= 0.6 is 11.8 Å². The van der Waals surface area contributed by atoms with Crippen molar-refractivity contribution in [2.24, 2.45) is 7.05 Å². The average Bonchev–Trinajstić information content (AvgIpc) is 2.47. The van der Waals surface area contributed by atoms with Crippen LogP contribution in [0.2, 0.25) is 0 Å². The number of aryl methyl sites for hydroxylation is 1. The number of rotatable bonds is 4. The normalized spacial score (nSPS) is 10.2. The molecule has 66 valence electrons. The van der Waals surface area contributed by atoms with E-state index in [1.807, 2.05) is 30.1 Å². The first-order valence-electron chi connectivity index (χ1n) is 3.97. The maximum absolute atomic E-state index is 11.4. The Labute approximate surface area is 77.0 Å². The van der Waals surface area contributed by atoms with Crippen LogP contribution in [0.15, 0.2) is 18.5 Å². The lowest BCUT2D eigenvalue weighted by atomic mass is 10.2. The monoisotopic (exact) mass is 183 g/mol. The molecule has 0 radical (unpaired) electrons. The maximum atomic E-state index is 11.4. The van der Waals surface area contributed by atoms with Gasteiger partial charge in [0.25, 0.3) is 0 Å². The summed E-state index contributed by atoms with van der Waals surface area (Å²) in [6, 6.07) is 1.86. The summed E-state index contributed by atoms with van der Waals surface area (Å²) in [7, 11) is 1.92. The molecule has 0 aliphatic rings. The van der Waals surface area contributed by atoms with E-state index in [0.29, 0.717) is 5.75 Å². The van der Waals surface area contributed by atoms with Gasteiger partial charge in [-0.1, -0.05) is 6.92 Å². The highest BCUT2D eigenvalue weighted by Gasteiger charge is 2.05. The lowest BCUT2D eigenvalue weighted by molar-refractivity contribution is 0.102. The fourth-order valence-corrected chi connectivity index (χ4v) is 1.50. The topological polar surface area (TPSA) is 22.0 Å². The van der Waals surface area contributed by atoms with E-state index in [1.165, 1.54) is 0 Å². The van der Waals surface area contributed by atoms with Crippen LogP contribution in [0.4, 0.5) is 0 Å². The Morgan fingerprint density at radius 1 is 1.67 bits per heavy atom. The second kappa shape index (κ2) is 4.36. The summed E-state index contributed by atoms with van der Waals surface area (Å²) in [5.74, 6) is 1.82. The summed E-state index contributed by atoms with van der Waals surface area (Å²) < 4.78 is 1.89. The van der Waals surface area contributed by atoms with E-state index in [-0.39, 0.29) is 5.78 Å². The molecule has 0 saturated carbocycles. The van der Waals surface area contributed by atoms with E-state index in [4.69, 9.17) is 0 Å². The molecule has 3 heteroatoms. The van der Waals surface area contributed by atoms with Crippen LogP contribution in [-0.4, -0.2) is 21.9 Å². The number of aromatic nitrogens is 1. The molecular formula is C9H13NOS. The van der Waals surface area contributed by atoms with Crippen molar-refractivity contribution in [3.05, 3.63) is 24.0 Å². The molecule has 0 unspecified atom stereocenters. The molecule has 1 aromatic rings. The van der Waals surface area contributed by atoms with Crippen molar-refractivity contribution in [2.75, 3.05) is 11.5 Å². The fraction of sp³-hybridized carbons (Fsp3) is 0.444. The van der Waals surface area contributed by atoms with E-state index in [9.17, 15) is 4.79 Å². The Hall–Kier alpha value is -0.700. The summed E-state index contributed by atoms with van der Waals surface area (Å²) >= 11 is 1.66. The minimum absolute atomic E-state index is 0.224. The van der Waals surface area contributed by atoms with Gasteiger partial charge in [-0.25, -0.2) is 0 Å². The zero-order valence-electron chi connectivity index (χ0n) is 7.41. The van der Waals surface area contributed by atoms with Gasteiger partial charge in [0.05, 0.1) is 5.75 Å². The van der Waals surface area contributed by atoms with Crippen molar-refractivity contribution in [1.82, 2.24) is 4.57 Å². The van der Waals surface area contributed by atoms with Gasteiger partial charge in [0.1, 0.15) is 0 Å². The first-order chi connectivity index (χ1) is 5.74. The molecule has 0 N–H and O–H groups in total. The molecule has 1 heterocycles. The highest BCUT2D eigenvalue weighted by atomic mass is 32.2. The van der Waals surface area contributed by atoms with Gasteiger partial charge in [0.15, 0.2) is 5.78 Å². The largest absolute Gasteiger partial charge is 0.357 e. The Balaban J connectivity index is 2.53. The number of hydrogen-bond donors (Lipinski definition) is 0. The van der Waals surface area contributed by atoms with Crippen LogP contribution in [0.1, 0.15) is 17.3 Å². The molecule has 1 rings (SSSR count). The van der Waals surface area contributed by atoms with Gasteiger partial charge in [-0.3, -0.25) is 4.79 Å². The van der Waals surface area contributed by atoms with Gasteiger partial charge in [0, 0.05) is 25.0 Å². The highest BCUT2D eigenvalue weighted by Crippen LogP contribution is 2.06. The lowest BCUT2D eigenvalue weighted by Gasteiger charge is -1.94. The van der Waals surface area contributed by atoms with Crippen molar-refractivity contribution in [3.8, 4) is 0 Å². The summed E-state index contributed by atoms with van der Waals surface area (Å²) in [6.07, 6.45) is 3.75. The smallest absolute Gasteiger partial charge is 0.174 e. The van der Waals surface area contributed by atoms with Crippen molar-refractivity contribution < 1.29 is 4.79 Å². The van der Waals surface area contributed by atoms with Crippen molar-refractivity contribution in [1.29, 1.82) is 0 Å². The van der Waals surface area contributed by atoms with E-state index >= 15 is 0 Å². The van der Waals surface area contributed by atoms with Gasteiger partial charge in [-0.2, -0.15) is 11.8 Å². The predicted octanol–water partition coefficient (Wildman–Crippen LogP) is 1.96. The zero-order chi connectivity index (χ0) is 8.97. The van der Waals surface area contributed by atoms with Crippen LogP contribution in [0.25, 0.3) is 0 Å². The highest BCUT2D eigenvalue weighted by molar-refractivity contribution is 7.99. The van der Waals surface area contributed by atoms with Crippen molar-refractivity contribution in [3.63, 3.8) is 0 Å². The van der Waals surface area contributed by atoms with Gasteiger partial charge < -0.3 is 4.57 Å². The zero-order valence-corrected chi connectivity index (χ0v) is 8.23. The van der Waals surface area contributed by atoms with Crippen molar-refractivity contribution >= 4 is 17.5 Å². The molecule has 0 aliphatic carbocycles. The molecular weight excluding hydrogens is 170 g/mol. The molecule has 12 heavy (non-hydrogen) atoms. The van der Waals surface area contributed by atoms with Gasteiger partial charge in [-0.05, 0) is 11.8 Å². The van der Waals surface area contributed by atoms with Gasteiger partial charge in [-0.15, -0.1) is 0 Å². The summed E-state index contributed by atoms with van der Waals surface area (Å²) in [4.78, 5) is 11.4. The Kier molecular flexibility index (Phi) is 3.41. The Morgan fingerprint density at radius 2 is 2.42 bits per heavy atom. The summed E-state index contributed by atoms with van der Waals surface area (Å²) in [5, 5.41) is 0. The second-order valence-electron chi connectivity index (χ2n) is 2.63. The average molecular weight is 183 g/mol. The second-order valence-corrected chi connectivity index (χ2v) is 3.90. The van der Waals surface area contributed by atoms with Crippen LogP contribution < -0.4 is 0 Å². The van der Waals surface area contributed by atoms with Crippen LogP contribution in [0.3, 0.4) is 0 Å². The molecule has 0 fully saturated rings. The first kappa shape index (κ1) is 9.39. The first-order valence-corrected chi connectivity index (χ1v) is 5.12. The molecule has 0 atom stereocenters. The number of hydrogen-bond acceptors (Lipinski definition) is 2. The predicted molar refractivity (Wildman–Crippen MR) is 52.7 cm³/mol. The quantitative estimate of drug-likeness (QED) is 0.666. The van der Waals surface area contributed by atoms with E-state index in [2.05, 4.69) is 6.92 Å². The lowest BCUT2D eigenvalue weighted by Crippen LogP contribution is -2.00. The number of Topliss-reactive ketones (excluding diaryl/α,β-unsaturated/α-hetero) is 1. The van der Waals surface area contributed by atoms with Crippen LogP contribution in [-0.2, 0) is 7.05 Å². The maximum Gasteiger partial charge on any atom is 0.174 e. The van der Waals surface area contributed by atoms with Crippen molar-refractivity contribution in [2.45, 2.75) is 6.92 Å². The number of nitrogens with zero attached hydrogens (tertiary/aromatic N) is 1.